The van der Waals surface area contributed by atoms with Crippen molar-refractivity contribution in [3.05, 3.63) is 40.0 Å². The van der Waals surface area contributed by atoms with Gasteiger partial charge < -0.3 is 5.73 Å². The summed E-state index contributed by atoms with van der Waals surface area (Å²) in [6.07, 6.45) is 0.845. The number of nitrogen functional groups attached to an aromatic ring is 1. The summed E-state index contributed by atoms with van der Waals surface area (Å²) in [5.74, 6) is 1.46. The van der Waals surface area contributed by atoms with Crippen molar-refractivity contribution >= 4 is 29.0 Å². The van der Waals surface area contributed by atoms with Crippen molar-refractivity contribution in [3.8, 4) is 11.4 Å². The molecule has 0 aliphatic heterocycles. The lowest BCUT2D eigenvalue weighted by Gasteiger charge is -2.09. The highest BCUT2D eigenvalue weighted by molar-refractivity contribution is 6.43. The molecule has 2 aromatic rings. The average Bonchev–Trinajstić information content (AvgIpc) is 2.31. The van der Waals surface area contributed by atoms with Crippen LogP contribution < -0.4 is 5.73 Å². The van der Waals surface area contributed by atoms with E-state index >= 15 is 0 Å². The molecule has 2 rings (SSSR count). The SMILES string of the molecule is CC(C)Cc1cc(N)nc(-c2cccc(Cl)c2Cl)n1. The van der Waals surface area contributed by atoms with Crippen LogP contribution in [-0.4, -0.2) is 9.97 Å². The maximum Gasteiger partial charge on any atom is 0.163 e. The summed E-state index contributed by atoms with van der Waals surface area (Å²) in [5.41, 5.74) is 7.44. The summed E-state index contributed by atoms with van der Waals surface area (Å²) in [6, 6.07) is 7.18. The fraction of sp³-hybridized carbons (Fsp3) is 0.286. The third-order valence-electron chi connectivity index (χ3n) is 2.61. The van der Waals surface area contributed by atoms with Gasteiger partial charge in [0.2, 0.25) is 0 Å². The lowest BCUT2D eigenvalue weighted by Crippen LogP contribution is -2.03. The molecule has 0 saturated heterocycles. The van der Waals surface area contributed by atoms with E-state index in [-0.39, 0.29) is 0 Å². The molecule has 1 aromatic carbocycles. The molecule has 1 aromatic heterocycles. The summed E-state index contributed by atoms with van der Waals surface area (Å²) in [4.78, 5) is 8.75. The van der Waals surface area contributed by atoms with Crippen molar-refractivity contribution in [2.45, 2.75) is 20.3 Å². The highest BCUT2D eigenvalue weighted by atomic mass is 35.5. The third-order valence-corrected chi connectivity index (χ3v) is 3.43. The number of rotatable bonds is 3. The first-order valence-corrected chi connectivity index (χ1v) is 6.80. The second-order valence-electron chi connectivity index (χ2n) is 4.81. The van der Waals surface area contributed by atoms with E-state index in [2.05, 4.69) is 23.8 Å². The lowest BCUT2D eigenvalue weighted by atomic mass is 10.1. The van der Waals surface area contributed by atoms with Gasteiger partial charge >= 0.3 is 0 Å². The molecule has 0 amide bonds. The van der Waals surface area contributed by atoms with Gasteiger partial charge in [0.15, 0.2) is 5.82 Å². The van der Waals surface area contributed by atoms with E-state index in [4.69, 9.17) is 28.9 Å². The van der Waals surface area contributed by atoms with Crippen LogP contribution in [0.4, 0.5) is 5.82 Å². The zero-order chi connectivity index (χ0) is 14.0. The molecule has 3 nitrogen and oxygen atoms in total. The van der Waals surface area contributed by atoms with Gasteiger partial charge in [-0.3, -0.25) is 0 Å². The summed E-state index contributed by atoms with van der Waals surface area (Å²) in [6.45, 7) is 4.26. The first kappa shape index (κ1) is 14.1. The first-order valence-electron chi connectivity index (χ1n) is 6.05. The predicted octanol–water partition coefficient (Wildman–Crippen LogP) is 4.23. The Hall–Kier alpha value is -1.32. The Bertz CT molecular complexity index is 597. The molecule has 19 heavy (non-hydrogen) atoms. The molecule has 0 fully saturated rings. The number of aromatic nitrogens is 2. The Morgan fingerprint density at radius 1 is 1.21 bits per heavy atom. The first-order chi connectivity index (χ1) is 8.97. The van der Waals surface area contributed by atoms with Crippen LogP contribution in [0.15, 0.2) is 24.3 Å². The van der Waals surface area contributed by atoms with Gasteiger partial charge in [-0.15, -0.1) is 0 Å². The van der Waals surface area contributed by atoms with Crippen molar-refractivity contribution in [2.75, 3.05) is 5.73 Å². The molecule has 1 heterocycles. The van der Waals surface area contributed by atoms with E-state index in [0.29, 0.717) is 33.2 Å². The Morgan fingerprint density at radius 2 is 1.95 bits per heavy atom. The molecule has 0 radical (unpaired) electrons. The second kappa shape index (κ2) is 5.76. The molecule has 0 atom stereocenters. The molecular formula is C14H15Cl2N3. The van der Waals surface area contributed by atoms with Crippen LogP contribution in [0.3, 0.4) is 0 Å². The molecule has 2 N–H and O–H groups in total. The van der Waals surface area contributed by atoms with Gasteiger partial charge in [0.1, 0.15) is 5.82 Å². The maximum atomic E-state index is 6.19. The minimum absolute atomic E-state index is 0.441. The van der Waals surface area contributed by atoms with Gasteiger partial charge in [0.05, 0.1) is 10.0 Å². The number of anilines is 1. The topological polar surface area (TPSA) is 51.8 Å². The van der Waals surface area contributed by atoms with E-state index in [1.165, 1.54) is 0 Å². The van der Waals surface area contributed by atoms with E-state index in [9.17, 15) is 0 Å². The Labute approximate surface area is 122 Å². The van der Waals surface area contributed by atoms with Crippen molar-refractivity contribution in [1.82, 2.24) is 9.97 Å². The lowest BCUT2D eigenvalue weighted by molar-refractivity contribution is 0.635. The molecule has 0 bridgehead atoms. The Morgan fingerprint density at radius 3 is 2.63 bits per heavy atom. The smallest absolute Gasteiger partial charge is 0.163 e. The summed E-state index contributed by atoms with van der Waals surface area (Å²) in [5, 5.41) is 0.931. The number of hydrogen-bond acceptors (Lipinski definition) is 3. The van der Waals surface area contributed by atoms with Crippen molar-refractivity contribution < 1.29 is 0 Å². The highest BCUT2D eigenvalue weighted by Gasteiger charge is 2.12. The molecule has 0 aliphatic rings. The number of benzene rings is 1. The number of nitrogens with zero attached hydrogens (tertiary/aromatic N) is 2. The predicted molar refractivity (Wildman–Crippen MR) is 80.4 cm³/mol. The van der Waals surface area contributed by atoms with Crippen LogP contribution in [0.2, 0.25) is 10.0 Å². The summed E-state index contributed by atoms with van der Waals surface area (Å²) < 4.78 is 0. The van der Waals surface area contributed by atoms with E-state index in [1.54, 1.807) is 12.1 Å². The van der Waals surface area contributed by atoms with E-state index in [1.807, 2.05) is 12.1 Å². The van der Waals surface area contributed by atoms with E-state index < -0.39 is 0 Å². The van der Waals surface area contributed by atoms with Crippen LogP contribution in [0.5, 0.6) is 0 Å². The fourth-order valence-corrected chi connectivity index (χ4v) is 2.22. The highest BCUT2D eigenvalue weighted by Crippen LogP contribution is 2.32. The zero-order valence-electron chi connectivity index (χ0n) is 10.8. The van der Waals surface area contributed by atoms with E-state index in [0.717, 1.165) is 12.1 Å². The van der Waals surface area contributed by atoms with Gasteiger partial charge in [-0.25, -0.2) is 9.97 Å². The van der Waals surface area contributed by atoms with Gasteiger partial charge in [0, 0.05) is 17.3 Å². The molecule has 5 heteroatoms. The van der Waals surface area contributed by atoms with Gasteiger partial charge in [0.25, 0.3) is 0 Å². The van der Waals surface area contributed by atoms with Crippen molar-refractivity contribution in [2.24, 2.45) is 5.92 Å². The molecule has 0 aliphatic carbocycles. The average molecular weight is 296 g/mol. The third kappa shape index (κ3) is 3.37. The van der Waals surface area contributed by atoms with Crippen molar-refractivity contribution in [3.63, 3.8) is 0 Å². The van der Waals surface area contributed by atoms with Crippen LogP contribution in [0.25, 0.3) is 11.4 Å². The van der Waals surface area contributed by atoms with Crippen LogP contribution in [-0.2, 0) is 6.42 Å². The Balaban J connectivity index is 2.50. The Kier molecular flexibility index (Phi) is 4.27. The van der Waals surface area contributed by atoms with Crippen molar-refractivity contribution in [1.29, 1.82) is 0 Å². The summed E-state index contributed by atoms with van der Waals surface area (Å²) >= 11 is 12.2. The molecule has 0 spiro atoms. The largest absolute Gasteiger partial charge is 0.384 e. The maximum absolute atomic E-state index is 6.19. The standard InChI is InChI=1S/C14H15Cl2N3/c1-8(2)6-9-7-12(17)19-14(18-9)10-4-3-5-11(15)13(10)16/h3-5,7-8H,6H2,1-2H3,(H2,17,18,19). The molecule has 0 saturated carbocycles. The van der Waals surface area contributed by atoms with Gasteiger partial charge in [-0.1, -0.05) is 43.1 Å². The number of nitrogens with two attached hydrogens (primary N) is 1. The number of halogens is 2. The fourth-order valence-electron chi connectivity index (χ4n) is 1.84. The normalized spacial score (nSPS) is 11.0. The minimum atomic E-state index is 0.441. The second-order valence-corrected chi connectivity index (χ2v) is 5.59. The molecule has 100 valence electrons. The minimum Gasteiger partial charge on any atom is -0.384 e. The van der Waals surface area contributed by atoms with Crippen LogP contribution in [0, 0.1) is 5.92 Å². The van der Waals surface area contributed by atoms with Gasteiger partial charge in [-0.05, 0) is 24.5 Å². The van der Waals surface area contributed by atoms with Crippen LogP contribution >= 0.6 is 23.2 Å². The van der Waals surface area contributed by atoms with Crippen LogP contribution in [0.1, 0.15) is 19.5 Å². The van der Waals surface area contributed by atoms with Gasteiger partial charge in [-0.2, -0.15) is 0 Å². The molecule has 0 unspecified atom stereocenters. The summed E-state index contributed by atoms with van der Waals surface area (Å²) in [7, 11) is 0. The molecular weight excluding hydrogens is 281 g/mol. The number of hydrogen-bond donors (Lipinski definition) is 1. The monoisotopic (exact) mass is 295 g/mol. The quantitative estimate of drug-likeness (QED) is 0.922. The zero-order valence-corrected chi connectivity index (χ0v) is 12.3.